The molecule has 1 aliphatic rings. The van der Waals surface area contributed by atoms with Crippen LogP contribution in [0.3, 0.4) is 0 Å². The minimum atomic E-state index is 0.0806. The Kier molecular flexibility index (Phi) is 12.5. The van der Waals surface area contributed by atoms with E-state index in [0.29, 0.717) is 0 Å². The van der Waals surface area contributed by atoms with Gasteiger partial charge in [-0.1, -0.05) is 49.6 Å². The summed E-state index contributed by atoms with van der Waals surface area (Å²) in [7, 11) is 3.60. The Hall–Kier alpha value is -2.28. The van der Waals surface area contributed by atoms with Crippen molar-refractivity contribution < 1.29 is 0 Å². The smallest absolute Gasteiger partial charge is 0.190 e. The highest BCUT2D eigenvalue weighted by Gasteiger charge is 2.06. The lowest BCUT2D eigenvalue weighted by Crippen LogP contribution is -2.38. The number of likely N-dealkylation sites (tertiary alicyclic amines) is 1. The second-order valence-electron chi connectivity index (χ2n) is 6.61. The van der Waals surface area contributed by atoms with Crippen LogP contribution in [-0.2, 0) is 6.54 Å². The highest BCUT2D eigenvalue weighted by Crippen LogP contribution is 2.09. The maximum Gasteiger partial charge on any atom is 0.190 e. The van der Waals surface area contributed by atoms with Gasteiger partial charge in [0.25, 0.3) is 0 Å². The van der Waals surface area contributed by atoms with E-state index in [1.165, 1.54) is 50.8 Å². The van der Waals surface area contributed by atoms with Gasteiger partial charge in [-0.3, -0.25) is 10.4 Å². The van der Waals surface area contributed by atoms with Gasteiger partial charge in [0.1, 0.15) is 0 Å². The molecule has 0 amide bonds. The van der Waals surface area contributed by atoms with Crippen molar-refractivity contribution in [1.29, 1.82) is 5.41 Å². The first-order valence-electron chi connectivity index (χ1n) is 9.88. The fraction of sp³-hybridized carbons (Fsp3) is 0.600. The Morgan fingerprint density at radius 2 is 1.70 bits per heavy atom. The predicted molar refractivity (Wildman–Crippen MR) is 115 cm³/mol. The number of aliphatic imine (C=N–C) groups is 1. The summed E-state index contributed by atoms with van der Waals surface area (Å²) in [4.78, 5) is 6.48. The minimum Gasteiger partial charge on any atom is -0.370 e. The topological polar surface area (TPSA) is 102 Å². The Bertz CT molecular complexity index is 522. The summed E-state index contributed by atoms with van der Waals surface area (Å²) in [6, 6.07) is 10.2. The molecule has 0 atom stereocenters. The maximum absolute atomic E-state index is 7.04. The number of guanidine groups is 2. The Morgan fingerprint density at radius 3 is 2.26 bits per heavy atom. The van der Waals surface area contributed by atoms with Gasteiger partial charge < -0.3 is 26.6 Å². The van der Waals surface area contributed by atoms with Crippen LogP contribution in [0.1, 0.15) is 37.7 Å². The van der Waals surface area contributed by atoms with Crippen LogP contribution in [0.25, 0.3) is 0 Å². The molecule has 1 fully saturated rings. The molecule has 2 rings (SSSR count). The minimum absolute atomic E-state index is 0.0806. The summed E-state index contributed by atoms with van der Waals surface area (Å²) in [5, 5.41) is 16.0. The second kappa shape index (κ2) is 14.8. The number of rotatable bonds is 5. The van der Waals surface area contributed by atoms with Gasteiger partial charge in [-0.2, -0.15) is 0 Å². The molecule has 6 N–H and O–H groups in total. The number of nitrogens with two attached hydrogens (primary N) is 1. The van der Waals surface area contributed by atoms with E-state index in [0.717, 1.165) is 25.6 Å². The predicted octanol–water partition coefficient (Wildman–Crippen LogP) is 1.72. The molecule has 0 spiro atoms. The third-order valence-electron chi connectivity index (χ3n) is 4.46. The first kappa shape index (κ1) is 22.8. The molecule has 7 heteroatoms. The van der Waals surface area contributed by atoms with Crippen LogP contribution in [-0.4, -0.2) is 57.1 Å². The van der Waals surface area contributed by atoms with Gasteiger partial charge in [0, 0.05) is 33.7 Å². The molecule has 1 saturated heterocycles. The van der Waals surface area contributed by atoms with Gasteiger partial charge in [0.15, 0.2) is 11.9 Å². The zero-order valence-electron chi connectivity index (χ0n) is 16.9. The van der Waals surface area contributed by atoms with E-state index in [9.17, 15) is 0 Å². The van der Waals surface area contributed by atoms with Crippen molar-refractivity contribution in [3.63, 3.8) is 0 Å². The van der Waals surface area contributed by atoms with Crippen LogP contribution in [0.15, 0.2) is 35.3 Å². The molecule has 0 unspecified atom stereocenters. The Morgan fingerprint density at radius 1 is 1.07 bits per heavy atom. The summed E-state index contributed by atoms with van der Waals surface area (Å²) >= 11 is 0. The number of hydrogen-bond donors (Lipinski definition) is 5. The van der Waals surface area contributed by atoms with Crippen molar-refractivity contribution >= 4 is 11.9 Å². The molecular weight excluding hydrogens is 338 g/mol. The van der Waals surface area contributed by atoms with Crippen molar-refractivity contribution in [2.75, 3.05) is 40.3 Å². The molecule has 1 aromatic rings. The third kappa shape index (κ3) is 11.9. The largest absolute Gasteiger partial charge is 0.370 e. The monoisotopic (exact) mass is 375 g/mol. The van der Waals surface area contributed by atoms with Crippen LogP contribution in [0.2, 0.25) is 0 Å². The van der Waals surface area contributed by atoms with Crippen molar-refractivity contribution in [3.05, 3.63) is 35.9 Å². The van der Waals surface area contributed by atoms with E-state index in [2.05, 4.69) is 38.0 Å². The average molecular weight is 376 g/mol. The van der Waals surface area contributed by atoms with Crippen molar-refractivity contribution in [3.8, 4) is 0 Å². The molecule has 27 heavy (non-hydrogen) atoms. The lowest BCUT2D eigenvalue weighted by molar-refractivity contribution is 0.251. The molecule has 0 aliphatic carbocycles. The highest BCUT2D eigenvalue weighted by molar-refractivity contribution is 5.79. The zero-order chi connectivity index (χ0) is 19.7. The average Bonchev–Trinajstić information content (AvgIpc) is 2.65. The molecule has 0 aromatic heterocycles. The van der Waals surface area contributed by atoms with Gasteiger partial charge in [-0.05, 0) is 31.5 Å². The van der Waals surface area contributed by atoms with E-state index >= 15 is 0 Å². The third-order valence-corrected chi connectivity index (χ3v) is 4.46. The molecular formula is C20H37N7. The quantitative estimate of drug-likeness (QED) is 0.398. The van der Waals surface area contributed by atoms with E-state index in [1.807, 2.05) is 25.2 Å². The van der Waals surface area contributed by atoms with Gasteiger partial charge in [0.2, 0.25) is 0 Å². The fourth-order valence-electron chi connectivity index (χ4n) is 2.95. The molecule has 7 nitrogen and oxygen atoms in total. The normalized spacial score (nSPS) is 15.6. The number of hydrogen-bond acceptors (Lipinski definition) is 3. The summed E-state index contributed by atoms with van der Waals surface area (Å²) in [5.41, 5.74) is 6.47. The highest BCUT2D eigenvalue weighted by atomic mass is 15.2. The number of nitrogens with zero attached hydrogens (tertiary/aromatic N) is 2. The van der Waals surface area contributed by atoms with Crippen LogP contribution in [0.5, 0.6) is 0 Å². The molecule has 1 aliphatic heterocycles. The summed E-state index contributed by atoms with van der Waals surface area (Å²) in [6.07, 6.45) is 6.78. The molecule has 1 heterocycles. The SMILES string of the molecule is C/N=C(\NC)NCc1ccccc1.N=C(N)NCCN1CCCCCCC1. The van der Waals surface area contributed by atoms with Gasteiger partial charge in [-0.15, -0.1) is 0 Å². The first-order chi connectivity index (χ1) is 13.2. The van der Waals surface area contributed by atoms with Gasteiger partial charge >= 0.3 is 0 Å². The molecule has 0 radical (unpaired) electrons. The van der Waals surface area contributed by atoms with E-state index < -0.39 is 0 Å². The van der Waals surface area contributed by atoms with Crippen LogP contribution < -0.4 is 21.7 Å². The van der Waals surface area contributed by atoms with E-state index in [-0.39, 0.29) is 5.96 Å². The first-order valence-corrected chi connectivity index (χ1v) is 9.88. The molecule has 152 valence electrons. The molecule has 1 aromatic carbocycles. The standard InChI is InChI=1S/C10H22N4.C10H15N3/c11-10(12)13-6-9-14-7-4-2-1-3-5-8-14;1-11-10(12-2)13-8-9-6-4-3-5-7-9/h1-9H2,(H4,11,12,13);3-7H,8H2,1-2H3,(H2,11,12,13). The van der Waals surface area contributed by atoms with Gasteiger partial charge in [-0.25, -0.2) is 0 Å². The van der Waals surface area contributed by atoms with Crippen LogP contribution in [0, 0.1) is 5.41 Å². The van der Waals surface area contributed by atoms with E-state index in [1.54, 1.807) is 7.05 Å². The second-order valence-corrected chi connectivity index (χ2v) is 6.61. The van der Waals surface area contributed by atoms with E-state index in [4.69, 9.17) is 11.1 Å². The summed E-state index contributed by atoms with van der Waals surface area (Å²) < 4.78 is 0. The molecule has 0 bridgehead atoms. The van der Waals surface area contributed by atoms with Crippen molar-refractivity contribution in [2.24, 2.45) is 10.7 Å². The Balaban J connectivity index is 0.000000271. The number of benzene rings is 1. The lowest BCUT2D eigenvalue weighted by Gasteiger charge is -2.24. The van der Waals surface area contributed by atoms with Crippen molar-refractivity contribution in [2.45, 2.75) is 38.6 Å². The van der Waals surface area contributed by atoms with Crippen LogP contribution >= 0.6 is 0 Å². The Labute approximate surface area is 164 Å². The fourth-order valence-corrected chi connectivity index (χ4v) is 2.95. The maximum atomic E-state index is 7.04. The van der Waals surface area contributed by atoms with Gasteiger partial charge in [0.05, 0.1) is 0 Å². The summed E-state index contributed by atoms with van der Waals surface area (Å²) in [6.45, 7) is 5.03. The number of nitrogens with one attached hydrogen (secondary N) is 4. The molecule has 0 saturated carbocycles. The lowest BCUT2D eigenvalue weighted by atomic mass is 10.1. The van der Waals surface area contributed by atoms with Crippen LogP contribution in [0.4, 0.5) is 0 Å². The zero-order valence-corrected chi connectivity index (χ0v) is 16.9. The van der Waals surface area contributed by atoms with Crippen molar-refractivity contribution in [1.82, 2.24) is 20.9 Å². The summed E-state index contributed by atoms with van der Waals surface area (Å²) in [5.74, 6) is 0.890.